The number of carbonyl (C=O) groups excluding carboxylic acids is 2. The van der Waals surface area contributed by atoms with Gasteiger partial charge in [0.25, 0.3) is 11.8 Å². The summed E-state index contributed by atoms with van der Waals surface area (Å²) in [6.45, 7) is 0. The molecule has 3 aliphatic rings. The standard InChI is InChI=1S/C9H9NO3S/c1-13-10-8(11)6-4-2-3-5(14-4)7(6)9(10)12/h2-7H,1H3/t4-,5+,6+,7-. The first-order valence-electron chi connectivity index (χ1n) is 4.50. The highest BCUT2D eigenvalue weighted by atomic mass is 32.2. The van der Waals surface area contributed by atoms with Crippen molar-refractivity contribution >= 4 is 23.6 Å². The molecule has 5 heteroatoms. The Hall–Kier alpha value is -0.810. The maximum absolute atomic E-state index is 11.8. The number of amides is 2. The van der Waals surface area contributed by atoms with Gasteiger partial charge in [-0.15, -0.1) is 11.8 Å². The number of rotatable bonds is 1. The van der Waals surface area contributed by atoms with E-state index in [0.717, 1.165) is 5.06 Å². The summed E-state index contributed by atoms with van der Waals surface area (Å²) in [4.78, 5) is 28.3. The first kappa shape index (κ1) is 8.49. The molecule has 3 heterocycles. The highest BCUT2D eigenvalue weighted by molar-refractivity contribution is 8.01. The Kier molecular flexibility index (Phi) is 1.58. The SMILES string of the molecule is CON1C(=O)[C@@H]2[C@H](C1=O)[C@@H]1C=C[C@H]2S1. The van der Waals surface area contributed by atoms with Crippen LogP contribution in [0.3, 0.4) is 0 Å². The molecule has 74 valence electrons. The second kappa shape index (κ2) is 2.61. The summed E-state index contributed by atoms with van der Waals surface area (Å²) in [6.07, 6.45) is 4.06. The average molecular weight is 211 g/mol. The van der Waals surface area contributed by atoms with Crippen LogP contribution in [0.25, 0.3) is 0 Å². The minimum atomic E-state index is -0.178. The van der Waals surface area contributed by atoms with Crippen molar-refractivity contribution in [3.05, 3.63) is 12.2 Å². The number of imide groups is 1. The van der Waals surface area contributed by atoms with Crippen LogP contribution in [0.4, 0.5) is 0 Å². The Morgan fingerprint density at radius 2 is 1.71 bits per heavy atom. The first-order valence-corrected chi connectivity index (χ1v) is 5.44. The number of hydroxylamine groups is 2. The van der Waals surface area contributed by atoms with Crippen molar-refractivity contribution < 1.29 is 14.4 Å². The van der Waals surface area contributed by atoms with Gasteiger partial charge in [0.05, 0.1) is 18.9 Å². The minimum absolute atomic E-state index is 0.174. The summed E-state index contributed by atoms with van der Waals surface area (Å²) < 4.78 is 0. The van der Waals surface area contributed by atoms with Crippen LogP contribution in [0.5, 0.6) is 0 Å². The zero-order valence-electron chi connectivity index (χ0n) is 7.54. The molecule has 0 aromatic heterocycles. The zero-order chi connectivity index (χ0) is 9.87. The molecule has 0 aromatic carbocycles. The fourth-order valence-corrected chi connectivity index (χ4v) is 4.09. The molecule has 2 bridgehead atoms. The second-order valence-electron chi connectivity index (χ2n) is 3.66. The molecule has 0 saturated carbocycles. The molecular weight excluding hydrogens is 202 g/mol. The number of nitrogens with zero attached hydrogens (tertiary/aromatic N) is 1. The normalized spacial score (nSPS) is 43.9. The highest BCUT2D eigenvalue weighted by Crippen LogP contribution is 2.52. The van der Waals surface area contributed by atoms with Gasteiger partial charge in [0.15, 0.2) is 0 Å². The molecule has 0 spiro atoms. The van der Waals surface area contributed by atoms with E-state index in [1.165, 1.54) is 7.11 Å². The van der Waals surface area contributed by atoms with Crippen molar-refractivity contribution in [3.63, 3.8) is 0 Å². The number of hydrogen-bond donors (Lipinski definition) is 0. The molecule has 0 unspecified atom stereocenters. The monoisotopic (exact) mass is 211 g/mol. The molecule has 3 rings (SSSR count). The second-order valence-corrected chi connectivity index (χ2v) is 5.02. The number of hydrogen-bond acceptors (Lipinski definition) is 4. The lowest BCUT2D eigenvalue weighted by atomic mass is 9.85. The number of carbonyl (C=O) groups is 2. The average Bonchev–Trinajstić information content (AvgIpc) is 2.80. The molecule has 14 heavy (non-hydrogen) atoms. The molecule has 3 aliphatic heterocycles. The van der Waals surface area contributed by atoms with Gasteiger partial charge in [-0.25, -0.2) is 0 Å². The van der Waals surface area contributed by atoms with Gasteiger partial charge in [0.2, 0.25) is 0 Å². The van der Waals surface area contributed by atoms with Crippen molar-refractivity contribution in [2.24, 2.45) is 11.8 Å². The smallest absolute Gasteiger partial charge is 0.258 e. The van der Waals surface area contributed by atoms with Crippen LogP contribution in [-0.4, -0.2) is 34.5 Å². The van der Waals surface area contributed by atoms with Gasteiger partial charge in [0, 0.05) is 10.5 Å². The van der Waals surface area contributed by atoms with Crippen molar-refractivity contribution in [3.8, 4) is 0 Å². The Morgan fingerprint density at radius 1 is 1.21 bits per heavy atom. The zero-order valence-corrected chi connectivity index (χ0v) is 8.36. The topological polar surface area (TPSA) is 46.6 Å². The quantitative estimate of drug-likeness (QED) is 0.459. The Bertz CT molecular complexity index is 324. The van der Waals surface area contributed by atoms with E-state index in [9.17, 15) is 9.59 Å². The van der Waals surface area contributed by atoms with Crippen molar-refractivity contribution in [1.82, 2.24) is 5.06 Å². The fourth-order valence-electron chi connectivity index (χ4n) is 2.46. The van der Waals surface area contributed by atoms with Crippen LogP contribution < -0.4 is 0 Å². The van der Waals surface area contributed by atoms with Gasteiger partial charge in [-0.3, -0.25) is 14.4 Å². The van der Waals surface area contributed by atoms with Crippen LogP contribution in [0.15, 0.2) is 12.2 Å². The lowest BCUT2D eigenvalue weighted by Gasteiger charge is -2.12. The molecular formula is C9H9NO3S. The van der Waals surface area contributed by atoms with Gasteiger partial charge in [0.1, 0.15) is 0 Å². The molecule has 0 N–H and O–H groups in total. The van der Waals surface area contributed by atoms with Crippen LogP contribution in [0.2, 0.25) is 0 Å². The van der Waals surface area contributed by atoms with Gasteiger partial charge < -0.3 is 0 Å². The van der Waals surface area contributed by atoms with Gasteiger partial charge >= 0.3 is 0 Å². The highest BCUT2D eigenvalue weighted by Gasteiger charge is 2.60. The number of thioether (sulfide) groups is 1. The van der Waals surface area contributed by atoms with E-state index in [1.807, 2.05) is 12.2 Å². The predicted octanol–water partition coefficient (Wildman–Crippen LogP) is 0.203. The molecule has 0 radical (unpaired) electrons. The van der Waals surface area contributed by atoms with Crippen molar-refractivity contribution in [2.45, 2.75) is 10.5 Å². The largest absolute Gasteiger partial charge is 0.272 e. The summed E-state index contributed by atoms with van der Waals surface area (Å²) in [6, 6.07) is 0. The summed E-state index contributed by atoms with van der Waals surface area (Å²) in [7, 11) is 1.36. The first-order chi connectivity index (χ1) is 6.74. The van der Waals surface area contributed by atoms with E-state index in [1.54, 1.807) is 11.8 Å². The van der Waals surface area contributed by atoms with E-state index in [4.69, 9.17) is 4.84 Å². The minimum Gasteiger partial charge on any atom is -0.272 e. The lowest BCUT2D eigenvalue weighted by molar-refractivity contribution is -0.181. The van der Waals surface area contributed by atoms with Crippen LogP contribution in [0.1, 0.15) is 0 Å². The Labute approximate surface area is 85.2 Å². The number of fused-ring (bicyclic) bond motifs is 5. The van der Waals surface area contributed by atoms with Crippen LogP contribution >= 0.6 is 11.8 Å². The summed E-state index contributed by atoms with van der Waals surface area (Å²) in [5.41, 5.74) is 0. The van der Waals surface area contributed by atoms with Crippen LogP contribution in [-0.2, 0) is 14.4 Å². The molecule has 2 saturated heterocycles. The van der Waals surface area contributed by atoms with E-state index >= 15 is 0 Å². The third-order valence-electron chi connectivity index (χ3n) is 3.05. The molecule has 0 aliphatic carbocycles. The van der Waals surface area contributed by atoms with E-state index in [0.29, 0.717) is 0 Å². The molecule has 2 fully saturated rings. The molecule has 2 amide bonds. The summed E-state index contributed by atoms with van der Waals surface area (Å²) in [5, 5.41) is 1.28. The van der Waals surface area contributed by atoms with Gasteiger partial charge in [-0.1, -0.05) is 12.2 Å². The fraction of sp³-hybridized carbons (Fsp3) is 0.556. The maximum Gasteiger partial charge on any atom is 0.258 e. The Morgan fingerprint density at radius 3 is 2.14 bits per heavy atom. The lowest BCUT2D eigenvalue weighted by Crippen LogP contribution is -2.32. The van der Waals surface area contributed by atoms with E-state index < -0.39 is 0 Å². The molecule has 0 aromatic rings. The van der Waals surface area contributed by atoms with Crippen molar-refractivity contribution in [2.75, 3.05) is 7.11 Å². The molecule has 4 nitrogen and oxygen atoms in total. The summed E-state index contributed by atoms with van der Waals surface area (Å²) >= 11 is 1.71. The molecule has 4 atom stereocenters. The third kappa shape index (κ3) is 0.797. The van der Waals surface area contributed by atoms with E-state index in [2.05, 4.69) is 0 Å². The van der Waals surface area contributed by atoms with Crippen molar-refractivity contribution in [1.29, 1.82) is 0 Å². The summed E-state index contributed by atoms with van der Waals surface area (Å²) in [5.74, 6) is -0.705. The van der Waals surface area contributed by atoms with Crippen LogP contribution in [0, 0.1) is 11.8 Å². The van der Waals surface area contributed by atoms with Gasteiger partial charge in [-0.2, -0.15) is 5.06 Å². The predicted molar refractivity (Wildman–Crippen MR) is 50.1 cm³/mol. The third-order valence-corrected chi connectivity index (χ3v) is 4.58. The van der Waals surface area contributed by atoms with Gasteiger partial charge in [-0.05, 0) is 0 Å². The Balaban J connectivity index is 2.02. The van der Waals surface area contributed by atoms with E-state index in [-0.39, 0.29) is 34.2 Å². The maximum atomic E-state index is 11.8.